The second-order valence-corrected chi connectivity index (χ2v) is 7.61. The van der Waals surface area contributed by atoms with Crippen LogP contribution in [-0.4, -0.2) is 40.6 Å². The van der Waals surface area contributed by atoms with Crippen molar-refractivity contribution in [3.05, 3.63) is 29.7 Å². The molecule has 0 bridgehead atoms. The Balaban J connectivity index is 1.67. The van der Waals surface area contributed by atoms with E-state index in [1.807, 2.05) is 19.2 Å². The summed E-state index contributed by atoms with van der Waals surface area (Å²) in [5, 5.41) is 7.63. The highest BCUT2D eigenvalue weighted by atomic mass is 32.2. The van der Waals surface area contributed by atoms with E-state index in [0.29, 0.717) is 12.3 Å². The van der Waals surface area contributed by atoms with Crippen molar-refractivity contribution in [2.45, 2.75) is 32.4 Å². The van der Waals surface area contributed by atoms with Crippen molar-refractivity contribution in [3.63, 3.8) is 0 Å². The predicted molar refractivity (Wildman–Crippen MR) is 76.2 cm³/mol. The van der Waals surface area contributed by atoms with Gasteiger partial charge in [0.15, 0.2) is 15.5 Å². The lowest BCUT2D eigenvalue weighted by Crippen LogP contribution is -2.39. The van der Waals surface area contributed by atoms with Crippen molar-refractivity contribution < 1.29 is 8.42 Å². The van der Waals surface area contributed by atoms with Crippen LogP contribution in [0.25, 0.3) is 5.65 Å². The third-order valence-corrected chi connectivity index (χ3v) is 5.37. The first kappa shape index (κ1) is 13.5. The van der Waals surface area contributed by atoms with Gasteiger partial charge in [0.25, 0.3) is 0 Å². The maximum atomic E-state index is 11.6. The number of nitrogens with zero attached hydrogens (tertiary/aromatic N) is 3. The topological polar surface area (TPSA) is 76.4 Å². The summed E-state index contributed by atoms with van der Waals surface area (Å²) in [7, 11) is -2.86. The summed E-state index contributed by atoms with van der Waals surface area (Å²) < 4.78 is 24.9. The molecule has 1 atom stereocenters. The predicted octanol–water partition coefficient (Wildman–Crippen LogP) is 0.705. The number of rotatable bonds is 3. The van der Waals surface area contributed by atoms with Crippen LogP contribution in [0.3, 0.4) is 0 Å². The minimum Gasteiger partial charge on any atom is -0.309 e. The lowest BCUT2D eigenvalue weighted by Gasteiger charge is -2.23. The molecular weight excluding hydrogens is 276 g/mol. The van der Waals surface area contributed by atoms with Gasteiger partial charge in [0.05, 0.1) is 17.2 Å². The molecule has 7 heteroatoms. The van der Waals surface area contributed by atoms with Crippen molar-refractivity contribution in [2.75, 3.05) is 11.5 Å². The average molecular weight is 294 g/mol. The minimum atomic E-state index is -2.86. The Morgan fingerprint density at radius 1 is 1.50 bits per heavy atom. The molecule has 3 rings (SSSR count). The number of fused-ring (bicyclic) bond motifs is 1. The molecule has 0 amide bonds. The van der Waals surface area contributed by atoms with Crippen LogP contribution in [0.1, 0.15) is 24.1 Å². The third kappa shape index (κ3) is 2.99. The van der Waals surface area contributed by atoms with E-state index in [1.54, 1.807) is 10.7 Å². The Bertz CT molecular complexity index is 723. The monoisotopic (exact) mass is 294 g/mol. The van der Waals surface area contributed by atoms with E-state index in [1.165, 1.54) is 0 Å². The lowest BCUT2D eigenvalue weighted by atomic mass is 10.2. The summed E-state index contributed by atoms with van der Waals surface area (Å²) in [6.45, 7) is 2.54. The van der Waals surface area contributed by atoms with E-state index >= 15 is 0 Å². The molecule has 2 aromatic rings. The van der Waals surface area contributed by atoms with Crippen LogP contribution in [0.2, 0.25) is 0 Å². The summed E-state index contributed by atoms with van der Waals surface area (Å²) >= 11 is 0. The van der Waals surface area contributed by atoms with Crippen molar-refractivity contribution in [1.82, 2.24) is 19.9 Å². The number of hydrogen-bond acceptors (Lipinski definition) is 5. The number of aryl methyl sites for hydroxylation is 1. The smallest absolute Gasteiger partial charge is 0.155 e. The number of nitrogens with one attached hydrogen (secondary N) is 1. The molecule has 0 aliphatic carbocycles. The second kappa shape index (κ2) is 5.14. The van der Waals surface area contributed by atoms with Crippen LogP contribution >= 0.6 is 0 Å². The molecule has 3 heterocycles. The number of aromatic nitrogens is 3. The van der Waals surface area contributed by atoms with Gasteiger partial charge in [-0.15, -0.1) is 0 Å². The maximum Gasteiger partial charge on any atom is 0.155 e. The van der Waals surface area contributed by atoms with Gasteiger partial charge in [-0.25, -0.2) is 17.9 Å². The maximum absolute atomic E-state index is 11.6. The van der Waals surface area contributed by atoms with Crippen molar-refractivity contribution in [2.24, 2.45) is 0 Å². The molecule has 1 unspecified atom stereocenters. The Hall–Kier alpha value is -1.47. The van der Waals surface area contributed by atoms with E-state index in [9.17, 15) is 8.42 Å². The summed E-state index contributed by atoms with van der Waals surface area (Å²) in [6, 6.07) is 1.97. The highest BCUT2D eigenvalue weighted by Gasteiger charge is 2.24. The van der Waals surface area contributed by atoms with Crippen LogP contribution in [0, 0.1) is 6.92 Å². The van der Waals surface area contributed by atoms with Gasteiger partial charge in [-0.1, -0.05) is 0 Å². The van der Waals surface area contributed by atoms with E-state index in [4.69, 9.17) is 0 Å². The van der Waals surface area contributed by atoms with E-state index in [2.05, 4.69) is 15.4 Å². The quantitative estimate of drug-likeness (QED) is 0.902. The Morgan fingerprint density at radius 3 is 3.15 bits per heavy atom. The molecule has 1 aliphatic rings. The van der Waals surface area contributed by atoms with Gasteiger partial charge in [-0.3, -0.25) is 0 Å². The molecule has 1 saturated heterocycles. The van der Waals surface area contributed by atoms with Crippen molar-refractivity contribution >= 4 is 15.5 Å². The fraction of sp³-hybridized carbons (Fsp3) is 0.538. The molecule has 2 aromatic heterocycles. The highest BCUT2D eigenvalue weighted by molar-refractivity contribution is 7.91. The van der Waals surface area contributed by atoms with Crippen LogP contribution < -0.4 is 5.32 Å². The fourth-order valence-corrected chi connectivity index (χ4v) is 4.24. The standard InChI is InChI=1S/C13H18N4O2S/c1-10-5-13-15-7-11(8-17(13)16-10)6-14-12-3-2-4-20(18,19)9-12/h5,7-8,12,14H,2-4,6,9H2,1H3. The number of hydrogen-bond donors (Lipinski definition) is 1. The Kier molecular flexibility index (Phi) is 3.47. The van der Waals surface area contributed by atoms with Crippen LogP contribution in [-0.2, 0) is 16.4 Å². The van der Waals surface area contributed by atoms with Gasteiger partial charge >= 0.3 is 0 Å². The molecule has 6 nitrogen and oxygen atoms in total. The molecule has 20 heavy (non-hydrogen) atoms. The zero-order valence-electron chi connectivity index (χ0n) is 11.4. The van der Waals surface area contributed by atoms with Gasteiger partial charge in [0.1, 0.15) is 0 Å². The van der Waals surface area contributed by atoms with E-state index in [-0.39, 0.29) is 11.8 Å². The van der Waals surface area contributed by atoms with Crippen LogP contribution in [0.5, 0.6) is 0 Å². The molecule has 1 fully saturated rings. The van der Waals surface area contributed by atoms with Gasteiger partial charge in [-0.05, 0) is 19.8 Å². The number of sulfone groups is 1. The Morgan fingerprint density at radius 2 is 2.35 bits per heavy atom. The van der Waals surface area contributed by atoms with E-state index in [0.717, 1.165) is 29.7 Å². The largest absolute Gasteiger partial charge is 0.309 e. The van der Waals surface area contributed by atoms with E-state index < -0.39 is 9.84 Å². The molecule has 1 N–H and O–H groups in total. The van der Waals surface area contributed by atoms with Crippen LogP contribution in [0.15, 0.2) is 18.5 Å². The van der Waals surface area contributed by atoms with Crippen LogP contribution in [0.4, 0.5) is 0 Å². The van der Waals surface area contributed by atoms with Gasteiger partial charge in [-0.2, -0.15) is 5.10 Å². The summed E-state index contributed by atoms with van der Waals surface area (Å²) in [6.07, 6.45) is 5.39. The average Bonchev–Trinajstić information content (AvgIpc) is 2.74. The molecular formula is C13H18N4O2S. The van der Waals surface area contributed by atoms with Gasteiger partial charge < -0.3 is 5.32 Å². The molecule has 108 valence electrons. The molecule has 0 spiro atoms. The molecule has 0 saturated carbocycles. The van der Waals surface area contributed by atoms with Crippen molar-refractivity contribution in [3.8, 4) is 0 Å². The SMILES string of the molecule is Cc1cc2ncc(CNC3CCCS(=O)(=O)C3)cn2n1. The molecule has 0 aromatic carbocycles. The normalized spacial score (nSPS) is 22.1. The van der Waals surface area contributed by atoms with Gasteiger partial charge in [0, 0.05) is 36.6 Å². The first-order valence-electron chi connectivity index (χ1n) is 6.76. The summed E-state index contributed by atoms with van der Waals surface area (Å²) in [5.74, 6) is 0.564. The zero-order valence-corrected chi connectivity index (χ0v) is 12.2. The Labute approximate surface area is 118 Å². The third-order valence-electron chi connectivity index (χ3n) is 3.55. The first-order chi connectivity index (χ1) is 9.52. The first-order valence-corrected chi connectivity index (χ1v) is 8.59. The van der Waals surface area contributed by atoms with Crippen molar-refractivity contribution in [1.29, 1.82) is 0 Å². The zero-order chi connectivity index (χ0) is 14.2. The van der Waals surface area contributed by atoms with Gasteiger partial charge in [0.2, 0.25) is 0 Å². The second-order valence-electron chi connectivity index (χ2n) is 5.39. The lowest BCUT2D eigenvalue weighted by molar-refractivity contribution is 0.479. The highest BCUT2D eigenvalue weighted by Crippen LogP contribution is 2.13. The summed E-state index contributed by atoms with van der Waals surface area (Å²) in [4.78, 5) is 4.34. The summed E-state index contributed by atoms with van der Waals surface area (Å²) in [5.41, 5.74) is 2.76. The molecule has 1 aliphatic heterocycles. The fourth-order valence-electron chi connectivity index (χ4n) is 2.57. The minimum absolute atomic E-state index is 0.0452. The molecule has 0 radical (unpaired) electrons.